The number of hydrogen-bond acceptors (Lipinski definition) is 4. The third kappa shape index (κ3) is 4.97. The molecule has 1 aromatic rings. The van der Waals surface area contributed by atoms with Gasteiger partial charge >= 0.3 is 0 Å². The molecular weight excluding hydrogens is 330 g/mol. The maximum absolute atomic E-state index is 12.1. The molecular formula is C20H29N3O3. The Kier molecular flexibility index (Phi) is 6.50. The molecule has 6 nitrogen and oxygen atoms in total. The second-order valence-electron chi connectivity index (χ2n) is 7.30. The first-order valence-corrected chi connectivity index (χ1v) is 9.65. The predicted molar refractivity (Wildman–Crippen MR) is 101 cm³/mol. The van der Waals surface area contributed by atoms with E-state index in [1.54, 1.807) is 4.90 Å². The lowest BCUT2D eigenvalue weighted by molar-refractivity contribution is -0.122. The number of carbonyl (C=O) groups excluding carboxylic acids is 2. The molecule has 0 saturated carbocycles. The number of fused-ring (bicyclic) bond motifs is 1. The summed E-state index contributed by atoms with van der Waals surface area (Å²) in [6, 6.07) is 7.44. The second-order valence-corrected chi connectivity index (χ2v) is 7.30. The maximum Gasteiger partial charge on any atom is 0.265 e. The van der Waals surface area contributed by atoms with E-state index in [1.165, 1.54) is 25.9 Å². The zero-order valence-electron chi connectivity index (χ0n) is 15.6. The molecule has 1 fully saturated rings. The lowest BCUT2D eigenvalue weighted by Gasteiger charge is -2.30. The largest absolute Gasteiger partial charge is 0.482 e. The molecule has 0 aromatic heterocycles. The molecule has 1 atom stereocenters. The summed E-state index contributed by atoms with van der Waals surface area (Å²) in [7, 11) is 0. The molecule has 1 N–H and O–H groups in total. The summed E-state index contributed by atoms with van der Waals surface area (Å²) in [5, 5.41) is 2.98. The highest BCUT2D eigenvalue weighted by atomic mass is 16.5. The minimum Gasteiger partial charge on any atom is -0.482 e. The van der Waals surface area contributed by atoms with Crippen molar-refractivity contribution in [2.45, 2.75) is 32.6 Å². The number of ether oxygens (including phenoxy) is 1. The third-order valence-corrected chi connectivity index (χ3v) is 5.09. The van der Waals surface area contributed by atoms with Gasteiger partial charge in [-0.2, -0.15) is 0 Å². The van der Waals surface area contributed by atoms with Crippen LogP contribution in [0.15, 0.2) is 24.3 Å². The normalized spacial score (nSPS) is 20.4. The van der Waals surface area contributed by atoms with Gasteiger partial charge in [-0.25, -0.2) is 0 Å². The van der Waals surface area contributed by atoms with Crippen molar-refractivity contribution in [1.29, 1.82) is 0 Å². The fourth-order valence-corrected chi connectivity index (χ4v) is 3.72. The smallest absolute Gasteiger partial charge is 0.265 e. The molecule has 2 heterocycles. The SMILES string of the molecule is C[C@@H]1CCCN(CCCNC(=O)CCN2C(=O)COc3ccccc32)C1. The van der Waals surface area contributed by atoms with Crippen molar-refractivity contribution in [2.24, 2.45) is 5.92 Å². The highest BCUT2D eigenvalue weighted by Crippen LogP contribution is 2.31. The van der Waals surface area contributed by atoms with E-state index in [9.17, 15) is 9.59 Å². The number of rotatable bonds is 7. The van der Waals surface area contributed by atoms with E-state index >= 15 is 0 Å². The molecule has 2 aliphatic rings. The Bertz CT molecular complexity index is 634. The first-order chi connectivity index (χ1) is 12.6. The van der Waals surface area contributed by atoms with Crippen molar-refractivity contribution >= 4 is 17.5 Å². The molecule has 26 heavy (non-hydrogen) atoms. The number of benzene rings is 1. The highest BCUT2D eigenvalue weighted by molar-refractivity contribution is 5.98. The summed E-state index contributed by atoms with van der Waals surface area (Å²) in [4.78, 5) is 28.3. The van der Waals surface area contributed by atoms with Crippen LogP contribution < -0.4 is 15.0 Å². The monoisotopic (exact) mass is 359 g/mol. The summed E-state index contributed by atoms with van der Waals surface area (Å²) in [6.45, 7) is 6.81. The van der Waals surface area contributed by atoms with Gasteiger partial charge in [0, 0.05) is 26.1 Å². The van der Waals surface area contributed by atoms with E-state index in [0.717, 1.165) is 24.6 Å². The fourth-order valence-electron chi connectivity index (χ4n) is 3.72. The van der Waals surface area contributed by atoms with Gasteiger partial charge in [-0.3, -0.25) is 9.59 Å². The van der Waals surface area contributed by atoms with Crippen molar-refractivity contribution in [2.75, 3.05) is 44.2 Å². The van der Waals surface area contributed by atoms with Gasteiger partial charge in [0.15, 0.2) is 6.61 Å². The van der Waals surface area contributed by atoms with Crippen molar-refractivity contribution < 1.29 is 14.3 Å². The Morgan fingerprint density at radius 1 is 1.31 bits per heavy atom. The van der Waals surface area contributed by atoms with Gasteiger partial charge in [-0.1, -0.05) is 19.1 Å². The Hall–Kier alpha value is -2.08. The molecule has 0 spiro atoms. The van der Waals surface area contributed by atoms with Gasteiger partial charge in [0.05, 0.1) is 5.69 Å². The molecule has 0 radical (unpaired) electrons. The van der Waals surface area contributed by atoms with Crippen molar-refractivity contribution in [3.63, 3.8) is 0 Å². The predicted octanol–water partition coefficient (Wildman–Crippen LogP) is 2.04. The van der Waals surface area contributed by atoms with Crippen LogP contribution in [-0.2, 0) is 9.59 Å². The molecule has 2 amide bonds. The van der Waals surface area contributed by atoms with Crippen LogP contribution in [0.25, 0.3) is 0 Å². The molecule has 2 aliphatic heterocycles. The molecule has 1 saturated heterocycles. The molecule has 0 aliphatic carbocycles. The molecule has 6 heteroatoms. The Labute approximate surface area is 155 Å². The van der Waals surface area contributed by atoms with E-state index in [1.807, 2.05) is 24.3 Å². The number of carbonyl (C=O) groups is 2. The number of nitrogens with one attached hydrogen (secondary N) is 1. The Morgan fingerprint density at radius 3 is 3.00 bits per heavy atom. The zero-order valence-corrected chi connectivity index (χ0v) is 15.6. The first-order valence-electron chi connectivity index (χ1n) is 9.65. The van der Waals surface area contributed by atoms with Gasteiger partial charge in [0.1, 0.15) is 5.75 Å². The summed E-state index contributed by atoms with van der Waals surface area (Å²) in [5.74, 6) is 1.38. The van der Waals surface area contributed by atoms with Crippen LogP contribution in [0.2, 0.25) is 0 Å². The van der Waals surface area contributed by atoms with E-state index in [0.29, 0.717) is 25.3 Å². The van der Waals surface area contributed by atoms with Crippen molar-refractivity contribution in [3.8, 4) is 5.75 Å². The van der Waals surface area contributed by atoms with Gasteiger partial charge < -0.3 is 19.9 Å². The number of hydrogen-bond donors (Lipinski definition) is 1. The van der Waals surface area contributed by atoms with Crippen molar-refractivity contribution in [3.05, 3.63) is 24.3 Å². The van der Waals surface area contributed by atoms with Crippen LogP contribution in [0.1, 0.15) is 32.6 Å². The zero-order chi connectivity index (χ0) is 18.4. The number of likely N-dealkylation sites (tertiary alicyclic amines) is 1. The maximum atomic E-state index is 12.1. The quantitative estimate of drug-likeness (QED) is 0.757. The lowest BCUT2D eigenvalue weighted by atomic mass is 10.0. The van der Waals surface area contributed by atoms with Crippen LogP contribution >= 0.6 is 0 Å². The Balaban J connectivity index is 1.37. The van der Waals surface area contributed by atoms with Crippen LogP contribution in [0.5, 0.6) is 5.75 Å². The van der Waals surface area contributed by atoms with Gasteiger partial charge in [-0.05, 0) is 50.4 Å². The van der Waals surface area contributed by atoms with Gasteiger partial charge in [-0.15, -0.1) is 0 Å². The van der Waals surface area contributed by atoms with Crippen LogP contribution in [0.4, 0.5) is 5.69 Å². The van der Waals surface area contributed by atoms with E-state index < -0.39 is 0 Å². The minimum atomic E-state index is -0.101. The number of amides is 2. The van der Waals surface area contributed by atoms with Crippen LogP contribution in [0, 0.1) is 5.92 Å². The average molecular weight is 359 g/mol. The number of para-hydroxylation sites is 2. The number of piperidine rings is 1. The van der Waals surface area contributed by atoms with Crippen molar-refractivity contribution in [1.82, 2.24) is 10.2 Å². The highest BCUT2D eigenvalue weighted by Gasteiger charge is 2.25. The summed E-state index contributed by atoms with van der Waals surface area (Å²) < 4.78 is 5.42. The molecule has 0 bridgehead atoms. The average Bonchev–Trinajstić information content (AvgIpc) is 2.64. The van der Waals surface area contributed by atoms with Gasteiger partial charge in [0.25, 0.3) is 5.91 Å². The Morgan fingerprint density at radius 2 is 2.15 bits per heavy atom. The number of anilines is 1. The summed E-state index contributed by atoms with van der Waals surface area (Å²) in [6.07, 6.45) is 3.89. The fraction of sp³-hybridized carbons (Fsp3) is 0.600. The van der Waals surface area contributed by atoms with Crippen LogP contribution in [0.3, 0.4) is 0 Å². The second kappa shape index (κ2) is 9.03. The topological polar surface area (TPSA) is 61.9 Å². The van der Waals surface area contributed by atoms with E-state index in [-0.39, 0.29) is 18.4 Å². The van der Waals surface area contributed by atoms with E-state index in [4.69, 9.17) is 4.74 Å². The molecule has 142 valence electrons. The first kappa shape index (κ1) is 18.7. The summed E-state index contributed by atoms with van der Waals surface area (Å²) in [5.41, 5.74) is 0.746. The minimum absolute atomic E-state index is 0.00575. The van der Waals surface area contributed by atoms with E-state index in [2.05, 4.69) is 17.1 Å². The lowest BCUT2D eigenvalue weighted by Crippen LogP contribution is -2.41. The number of nitrogens with zero attached hydrogens (tertiary/aromatic N) is 2. The standard InChI is InChI=1S/C20H29N3O3/c1-16-6-4-11-22(14-16)12-5-10-21-19(24)9-13-23-17-7-2-3-8-18(17)26-15-20(23)25/h2-3,7-8,16H,4-6,9-15H2,1H3,(H,21,24)/t16-/m1/s1. The van der Waals surface area contributed by atoms with Crippen LogP contribution in [-0.4, -0.2) is 56.0 Å². The molecule has 1 aromatic carbocycles. The molecule has 3 rings (SSSR count). The van der Waals surface area contributed by atoms with Gasteiger partial charge in [0.2, 0.25) is 5.91 Å². The molecule has 0 unspecified atom stereocenters. The summed E-state index contributed by atoms with van der Waals surface area (Å²) >= 11 is 0. The third-order valence-electron chi connectivity index (χ3n) is 5.09.